The number of rotatable bonds is 9. The molecule has 4 rings (SSSR count). The van der Waals surface area contributed by atoms with Crippen molar-refractivity contribution in [2.75, 3.05) is 44.5 Å². The van der Waals surface area contributed by atoms with Crippen LogP contribution in [0.1, 0.15) is 36.5 Å². The van der Waals surface area contributed by atoms with Crippen molar-refractivity contribution in [3.05, 3.63) is 88.5 Å². The van der Waals surface area contributed by atoms with E-state index in [0.717, 1.165) is 65.1 Å². The molecular formula is C33H39ClN4O3. The normalized spacial score (nSPS) is 13.7. The highest BCUT2D eigenvalue weighted by atomic mass is 35.5. The Morgan fingerprint density at radius 2 is 1.80 bits per heavy atom. The zero-order valence-corrected chi connectivity index (χ0v) is 24.9. The molecule has 3 aromatic carbocycles. The van der Waals surface area contributed by atoms with E-state index in [9.17, 15) is 4.79 Å². The number of methoxy groups -OCH3 is 1. The molecule has 216 valence electrons. The molecule has 1 amide bonds. The van der Waals surface area contributed by atoms with Crippen LogP contribution in [0.5, 0.6) is 0 Å². The number of nitrogens with one attached hydrogen (secondary N) is 2. The van der Waals surface area contributed by atoms with Gasteiger partial charge < -0.3 is 25.3 Å². The minimum atomic E-state index is 0.00450. The summed E-state index contributed by atoms with van der Waals surface area (Å²) in [5, 5.41) is 11.5. The van der Waals surface area contributed by atoms with Gasteiger partial charge in [0.25, 0.3) is 6.47 Å². The van der Waals surface area contributed by atoms with Crippen molar-refractivity contribution < 1.29 is 14.3 Å². The van der Waals surface area contributed by atoms with Gasteiger partial charge in [-0.25, -0.2) is 0 Å². The van der Waals surface area contributed by atoms with Gasteiger partial charge in [-0.1, -0.05) is 54.1 Å². The molecule has 0 atom stereocenters. The third-order valence-corrected chi connectivity index (χ3v) is 7.51. The maximum absolute atomic E-state index is 13.8. The highest BCUT2D eigenvalue weighted by molar-refractivity contribution is 6.31. The largest absolute Gasteiger partial charge is 0.471 e. The van der Waals surface area contributed by atoms with E-state index < -0.39 is 0 Å². The molecule has 0 aliphatic carbocycles. The van der Waals surface area contributed by atoms with E-state index in [2.05, 4.69) is 28.1 Å². The molecule has 0 saturated carbocycles. The molecule has 0 aromatic heterocycles. The number of hydrogen-bond acceptors (Lipinski definition) is 6. The Bertz CT molecular complexity index is 1370. The third kappa shape index (κ3) is 8.52. The Labute approximate surface area is 248 Å². The summed E-state index contributed by atoms with van der Waals surface area (Å²) in [6, 6.07) is 20.1. The second kappa shape index (κ2) is 15.7. The first kappa shape index (κ1) is 31.6. The number of halogens is 1. The van der Waals surface area contributed by atoms with Crippen LogP contribution in [0.4, 0.5) is 11.4 Å². The fourth-order valence-corrected chi connectivity index (χ4v) is 5.12. The van der Waals surface area contributed by atoms with Crippen LogP contribution in [-0.2, 0) is 20.9 Å². The molecule has 2 N–H and O–H groups in total. The Hall–Kier alpha value is -3.94. The monoisotopic (exact) mass is 574 g/mol. The number of piperidine rings is 1. The van der Waals surface area contributed by atoms with Gasteiger partial charge in [-0.2, -0.15) is 0 Å². The first-order valence-electron chi connectivity index (χ1n) is 13.6. The van der Waals surface area contributed by atoms with Crippen molar-refractivity contribution in [2.24, 2.45) is 5.92 Å². The van der Waals surface area contributed by atoms with Crippen LogP contribution in [0, 0.1) is 11.3 Å². The third-order valence-electron chi connectivity index (χ3n) is 7.16. The van der Waals surface area contributed by atoms with Gasteiger partial charge in [0.15, 0.2) is 0 Å². The number of carbonyl (C=O) groups excluding carboxylic acids is 2. The summed E-state index contributed by atoms with van der Waals surface area (Å²) in [7, 11) is 5.27. The molecule has 1 aliphatic rings. The molecular weight excluding hydrogens is 536 g/mol. The van der Waals surface area contributed by atoms with Crippen LogP contribution in [0.15, 0.2) is 66.7 Å². The Kier molecular flexibility index (Phi) is 12.1. The summed E-state index contributed by atoms with van der Waals surface area (Å²) in [5.74, 6) is 0.161. The van der Waals surface area contributed by atoms with Crippen molar-refractivity contribution in [2.45, 2.75) is 26.3 Å². The fraction of sp³-hybridized carbons (Fsp3) is 0.303. The number of amides is 1. The van der Waals surface area contributed by atoms with Gasteiger partial charge in [0.05, 0.1) is 13.7 Å². The van der Waals surface area contributed by atoms with Gasteiger partial charge in [-0.15, -0.1) is 0 Å². The predicted octanol–water partition coefficient (Wildman–Crippen LogP) is 6.74. The van der Waals surface area contributed by atoms with Crippen LogP contribution in [0.2, 0.25) is 5.02 Å². The molecule has 1 saturated heterocycles. The number of nitrogens with zero attached hydrogens (tertiary/aromatic N) is 2. The van der Waals surface area contributed by atoms with Crippen molar-refractivity contribution in [1.29, 1.82) is 5.41 Å². The molecule has 0 radical (unpaired) electrons. The van der Waals surface area contributed by atoms with Crippen molar-refractivity contribution in [1.82, 2.24) is 4.90 Å². The number of likely N-dealkylation sites (tertiary alicyclic amines) is 1. The summed E-state index contributed by atoms with van der Waals surface area (Å²) in [5.41, 5.74) is 6.54. The van der Waals surface area contributed by atoms with Crippen molar-refractivity contribution in [3.63, 3.8) is 0 Å². The molecule has 8 heteroatoms. The average molecular weight is 575 g/mol. The van der Waals surface area contributed by atoms with Crippen LogP contribution >= 0.6 is 11.6 Å². The zero-order chi connectivity index (χ0) is 29.8. The van der Waals surface area contributed by atoms with Gasteiger partial charge in [0, 0.05) is 41.1 Å². The van der Waals surface area contributed by atoms with E-state index >= 15 is 0 Å². The Balaban J connectivity index is 0.00000108. The summed E-state index contributed by atoms with van der Waals surface area (Å²) < 4.78 is 3.86. The average Bonchev–Trinajstić information content (AvgIpc) is 3.00. The molecule has 0 unspecified atom stereocenters. The molecule has 7 nitrogen and oxygen atoms in total. The molecule has 41 heavy (non-hydrogen) atoms. The van der Waals surface area contributed by atoms with Crippen molar-refractivity contribution >= 4 is 47.6 Å². The number of anilines is 2. The Morgan fingerprint density at radius 3 is 2.41 bits per heavy atom. The number of ether oxygens (including phenoxy) is 1. The maximum Gasteiger partial charge on any atom is 0.292 e. The molecule has 1 fully saturated rings. The van der Waals surface area contributed by atoms with E-state index in [1.165, 1.54) is 13.3 Å². The first-order valence-corrected chi connectivity index (χ1v) is 14.0. The summed E-state index contributed by atoms with van der Waals surface area (Å²) in [4.78, 5) is 27.0. The minimum absolute atomic E-state index is 0.00450. The fourth-order valence-electron chi connectivity index (χ4n) is 4.88. The van der Waals surface area contributed by atoms with Crippen LogP contribution in [0.3, 0.4) is 0 Å². The standard InChI is InChI=1S/C31H35ClN4O.C2H4O2/c1-4-6-22-7-5-8-28(17-22)36(31(37)23-13-15-35(3)16-14-23)21-26-10-9-25(19-29(26)32)24-11-12-30(34-2)27(18-24)20-33;1-4-2-3/h4-12,17-20,23,33-34H,13-16,21H2,1-3H3;2H,1H3/b6-4+,33-20?;. The van der Waals surface area contributed by atoms with Crippen LogP contribution < -0.4 is 10.2 Å². The molecule has 0 bridgehead atoms. The van der Waals surface area contributed by atoms with Crippen LogP contribution in [-0.4, -0.2) is 57.8 Å². The highest BCUT2D eigenvalue weighted by Crippen LogP contribution is 2.31. The van der Waals surface area contributed by atoms with Gasteiger partial charge >= 0.3 is 0 Å². The first-order chi connectivity index (χ1) is 19.8. The van der Waals surface area contributed by atoms with Gasteiger partial charge in [-0.05, 0) is 92.5 Å². The number of allylic oxidation sites excluding steroid dienone is 1. The van der Waals surface area contributed by atoms with E-state index in [-0.39, 0.29) is 11.8 Å². The molecule has 1 aliphatic heterocycles. The number of carbonyl (C=O) groups is 2. The topological polar surface area (TPSA) is 85.7 Å². The molecule has 3 aromatic rings. The lowest BCUT2D eigenvalue weighted by atomic mass is 9.94. The minimum Gasteiger partial charge on any atom is -0.471 e. The molecule has 1 heterocycles. The second-order valence-corrected chi connectivity index (χ2v) is 10.3. The van der Waals surface area contributed by atoms with E-state index in [4.69, 9.17) is 21.8 Å². The summed E-state index contributed by atoms with van der Waals surface area (Å²) >= 11 is 6.82. The summed E-state index contributed by atoms with van der Waals surface area (Å²) in [6.45, 7) is 4.64. The lowest BCUT2D eigenvalue weighted by Gasteiger charge is -2.33. The predicted molar refractivity (Wildman–Crippen MR) is 170 cm³/mol. The lowest BCUT2D eigenvalue weighted by Crippen LogP contribution is -2.41. The van der Waals surface area contributed by atoms with Gasteiger partial charge in [-0.3, -0.25) is 9.59 Å². The summed E-state index contributed by atoms with van der Waals surface area (Å²) in [6.07, 6.45) is 7.13. The quantitative estimate of drug-likeness (QED) is 0.218. The van der Waals surface area contributed by atoms with E-state index in [1.54, 1.807) is 0 Å². The zero-order valence-electron chi connectivity index (χ0n) is 24.2. The lowest BCUT2D eigenvalue weighted by molar-refractivity contribution is -0.126. The van der Waals surface area contributed by atoms with Gasteiger partial charge in [0.1, 0.15) is 0 Å². The second-order valence-electron chi connectivity index (χ2n) is 9.93. The van der Waals surface area contributed by atoms with E-state index in [1.807, 2.05) is 85.6 Å². The smallest absolute Gasteiger partial charge is 0.292 e. The SMILES string of the molecule is C/C=C/c1cccc(N(Cc2ccc(-c3ccc(NC)c(C=N)c3)cc2Cl)C(=O)C2CCN(C)CC2)c1.COC=O. The van der Waals surface area contributed by atoms with Crippen molar-refractivity contribution in [3.8, 4) is 11.1 Å². The Morgan fingerprint density at radius 1 is 1.12 bits per heavy atom. The highest BCUT2D eigenvalue weighted by Gasteiger charge is 2.29. The van der Waals surface area contributed by atoms with Gasteiger partial charge in [0.2, 0.25) is 5.91 Å². The molecule has 0 spiro atoms. The van der Waals surface area contributed by atoms with Crippen LogP contribution in [0.25, 0.3) is 17.2 Å². The van der Waals surface area contributed by atoms with E-state index in [0.29, 0.717) is 18.0 Å². The number of benzene rings is 3. The maximum atomic E-state index is 13.8. The number of hydrogen-bond donors (Lipinski definition) is 2.